The molecule has 0 spiro atoms. The lowest BCUT2D eigenvalue weighted by molar-refractivity contribution is 0.402. The quantitative estimate of drug-likeness (QED) is 0.788. The third-order valence-electron chi connectivity index (χ3n) is 3.41. The summed E-state index contributed by atoms with van der Waals surface area (Å²) in [6, 6.07) is 4.17. The van der Waals surface area contributed by atoms with E-state index < -0.39 is 0 Å². The van der Waals surface area contributed by atoms with Crippen molar-refractivity contribution in [3.05, 3.63) is 23.9 Å². The zero-order valence-electron chi connectivity index (χ0n) is 9.82. The number of alkyl halides is 1. The summed E-state index contributed by atoms with van der Waals surface area (Å²) in [5.41, 5.74) is 1.30. The first kappa shape index (κ1) is 11.9. The summed E-state index contributed by atoms with van der Waals surface area (Å²) in [6.07, 6.45) is 5.87. The molecule has 2 heterocycles. The van der Waals surface area contributed by atoms with E-state index in [9.17, 15) is 0 Å². The molecule has 1 unspecified atom stereocenters. The number of halogens is 1. The Morgan fingerprint density at radius 1 is 1.56 bits per heavy atom. The lowest BCUT2D eigenvalue weighted by Crippen LogP contribution is -2.36. The first-order valence-corrected chi connectivity index (χ1v) is 7.22. The number of hydrogen-bond donors (Lipinski definition) is 0. The minimum absolute atomic E-state index is 0.846. The van der Waals surface area contributed by atoms with E-state index in [1.807, 2.05) is 12.3 Å². The average molecular weight is 283 g/mol. The van der Waals surface area contributed by atoms with Crippen molar-refractivity contribution < 1.29 is 0 Å². The molecule has 1 atom stereocenters. The van der Waals surface area contributed by atoms with Crippen molar-refractivity contribution >= 4 is 21.7 Å². The van der Waals surface area contributed by atoms with E-state index in [0.29, 0.717) is 0 Å². The predicted molar refractivity (Wildman–Crippen MR) is 72.1 cm³/mol. The first-order chi connectivity index (χ1) is 7.85. The van der Waals surface area contributed by atoms with Crippen molar-refractivity contribution in [2.75, 3.05) is 18.0 Å². The highest BCUT2D eigenvalue weighted by atomic mass is 79.9. The number of rotatable bonds is 3. The third kappa shape index (κ3) is 2.57. The van der Waals surface area contributed by atoms with Crippen LogP contribution in [0.4, 0.5) is 5.82 Å². The molecular formula is C13H19BrN2. The molecule has 2 rings (SSSR count). The van der Waals surface area contributed by atoms with Gasteiger partial charge in [0, 0.05) is 30.2 Å². The van der Waals surface area contributed by atoms with Crippen molar-refractivity contribution in [3.63, 3.8) is 0 Å². The molecule has 0 N–H and O–H groups in total. The van der Waals surface area contributed by atoms with Crippen LogP contribution in [0.1, 0.15) is 31.7 Å². The van der Waals surface area contributed by atoms with Gasteiger partial charge in [0.1, 0.15) is 5.82 Å². The molecule has 0 bridgehead atoms. The van der Waals surface area contributed by atoms with E-state index in [2.05, 4.69) is 38.8 Å². The highest BCUT2D eigenvalue weighted by Crippen LogP contribution is 2.26. The van der Waals surface area contributed by atoms with Crippen LogP contribution in [0.15, 0.2) is 18.3 Å². The molecule has 0 radical (unpaired) electrons. The number of anilines is 1. The maximum Gasteiger partial charge on any atom is 0.132 e. The standard InChI is InChI=1S/C13H19BrN2/c1-2-11-5-4-8-16(10-11)13-12(9-14)6-3-7-15-13/h3,6-7,11H,2,4-5,8-10H2,1H3. The lowest BCUT2D eigenvalue weighted by Gasteiger charge is -2.34. The van der Waals surface area contributed by atoms with Gasteiger partial charge in [-0.2, -0.15) is 0 Å². The topological polar surface area (TPSA) is 16.1 Å². The fourth-order valence-corrected chi connectivity index (χ4v) is 2.85. The summed E-state index contributed by atoms with van der Waals surface area (Å²) in [5.74, 6) is 2.02. The second-order valence-corrected chi connectivity index (χ2v) is 5.04. The van der Waals surface area contributed by atoms with Crippen LogP contribution in [0.2, 0.25) is 0 Å². The van der Waals surface area contributed by atoms with E-state index in [0.717, 1.165) is 17.8 Å². The SMILES string of the molecule is CCC1CCCN(c2ncccc2CBr)C1. The largest absolute Gasteiger partial charge is 0.356 e. The minimum Gasteiger partial charge on any atom is -0.356 e. The van der Waals surface area contributed by atoms with E-state index in [1.165, 1.54) is 37.2 Å². The Labute approximate surface area is 106 Å². The van der Waals surface area contributed by atoms with Crippen molar-refractivity contribution in [2.24, 2.45) is 5.92 Å². The number of piperidine rings is 1. The van der Waals surface area contributed by atoms with Crippen LogP contribution in [-0.2, 0) is 5.33 Å². The zero-order chi connectivity index (χ0) is 11.4. The molecule has 0 saturated carbocycles. The van der Waals surface area contributed by atoms with Gasteiger partial charge in [0.25, 0.3) is 0 Å². The molecule has 0 aliphatic carbocycles. The van der Waals surface area contributed by atoms with Crippen LogP contribution in [0, 0.1) is 5.92 Å². The van der Waals surface area contributed by atoms with Gasteiger partial charge in [-0.15, -0.1) is 0 Å². The maximum atomic E-state index is 4.54. The molecule has 3 heteroatoms. The highest BCUT2D eigenvalue weighted by Gasteiger charge is 2.20. The molecule has 88 valence electrons. The number of hydrogen-bond acceptors (Lipinski definition) is 2. The minimum atomic E-state index is 0.846. The van der Waals surface area contributed by atoms with Gasteiger partial charge >= 0.3 is 0 Å². The summed E-state index contributed by atoms with van der Waals surface area (Å²) < 4.78 is 0. The van der Waals surface area contributed by atoms with Gasteiger partial charge in [-0.25, -0.2) is 4.98 Å². The fraction of sp³-hybridized carbons (Fsp3) is 0.615. The van der Waals surface area contributed by atoms with Crippen LogP contribution >= 0.6 is 15.9 Å². The Morgan fingerprint density at radius 3 is 3.19 bits per heavy atom. The Bertz CT molecular complexity index is 340. The molecule has 1 aliphatic heterocycles. The van der Waals surface area contributed by atoms with Crippen molar-refractivity contribution in [1.29, 1.82) is 0 Å². The van der Waals surface area contributed by atoms with Crippen LogP contribution in [0.5, 0.6) is 0 Å². The van der Waals surface area contributed by atoms with Gasteiger partial charge in [-0.05, 0) is 24.8 Å². The fourth-order valence-electron chi connectivity index (χ4n) is 2.41. The average Bonchev–Trinajstić information content (AvgIpc) is 2.38. The Morgan fingerprint density at radius 2 is 2.44 bits per heavy atom. The normalized spacial score (nSPS) is 21.1. The van der Waals surface area contributed by atoms with Gasteiger partial charge in [0.15, 0.2) is 0 Å². The van der Waals surface area contributed by atoms with Crippen molar-refractivity contribution in [3.8, 4) is 0 Å². The molecule has 1 saturated heterocycles. The van der Waals surface area contributed by atoms with Gasteiger partial charge in [-0.1, -0.05) is 35.3 Å². The molecule has 1 aromatic heterocycles. The maximum absolute atomic E-state index is 4.54. The van der Waals surface area contributed by atoms with E-state index >= 15 is 0 Å². The predicted octanol–water partition coefficient (Wildman–Crippen LogP) is 3.60. The molecule has 0 aromatic carbocycles. The van der Waals surface area contributed by atoms with E-state index in [-0.39, 0.29) is 0 Å². The molecule has 1 aliphatic rings. The summed E-state index contributed by atoms with van der Waals surface area (Å²) in [7, 11) is 0. The summed E-state index contributed by atoms with van der Waals surface area (Å²) in [4.78, 5) is 6.99. The van der Waals surface area contributed by atoms with Crippen LogP contribution < -0.4 is 4.90 Å². The lowest BCUT2D eigenvalue weighted by atomic mass is 9.95. The second kappa shape index (κ2) is 5.67. The zero-order valence-corrected chi connectivity index (χ0v) is 11.4. The molecule has 1 aromatic rings. The van der Waals surface area contributed by atoms with Crippen molar-refractivity contribution in [2.45, 2.75) is 31.5 Å². The third-order valence-corrected chi connectivity index (χ3v) is 4.01. The van der Waals surface area contributed by atoms with Gasteiger partial charge in [-0.3, -0.25) is 0 Å². The van der Waals surface area contributed by atoms with E-state index in [4.69, 9.17) is 0 Å². The molecule has 1 fully saturated rings. The Kier molecular flexibility index (Phi) is 4.22. The second-order valence-electron chi connectivity index (χ2n) is 4.48. The molecule has 2 nitrogen and oxygen atoms in total. The van der Waals surface area contributed by atoms with Crippen LogP contribution in [-0.4, -0.2) is 18.1 Å². The Hall–Kier alpha value is -0.570. The number of aromatic nitrogens is 1. The first-order valence-electron chi connectivity index (χ1n) is 6.10. The van der Waals surface area contributed by atoms with Gasteiger partial charge in [0.05, 0.1) is 0 Å². The summed E-state index contributed by atoms with van der Waals surface area (Å²) in [5, 5.41) is 0.892. The smallest absolute Gasteiger partial charge is 0.132 e. The summed E-state index contributed by atoms with van der Waals surface area (Å²) >= 11 is 3.54. The van der Waals surface area contributed by atoms with Crippen molar-refractivity contribution in [1.82, 2.24) is 4.98 Å². The molecule has 16 heavy (non-hydrogen) atoms. The number of nitrogens with zero attached hydrogens (tertiary/aromatic N) is 2. The van der Waals surface area contributed by atoms with Gasteiger partial charge in [0.2, 0.25) is 0 Å². The summed E-state index contributed by atoms with van der Waals surface area (Å²) in [6.45, 7) is 4.62. The highest BCUT2D eigenvalue weighted by molar-refractivity contribution is 9.08. The molecule has 0 amide bonds. The Balaban J connectivity index is 2.16. The van der Waals surface area contributed by atoms with Gasteiger partial charge < -0.3 is 4.90 Å². The monoisotopic (exact) mass is 282 g/mol. The molecular weight excluding hydrogens is 264 g/mol. The van der Waals surface area contributed by atoms with Crippen LogP contribution in [0.25, 0.3) is 0 Å². The number of pyridine rings is 1. The van der Waals surface area contributed by atoms with E-state index in [1.54, 1.807) is 0 Å². The van der Waals surface area contributed by atoms with Crippen LogP contribution in [0.3, 0.4) is 0 Å².